The molecule has 0 bridgehead atoms. The second-order valence-corrected chi connectivity index (χ2v) is 8.16. The third kappa shape index (κ3) is 3.22. The molecule has 1 fully saturated rings. The summed E-state index contributed by atoms with van der Waals surface area (Å²) in [7, 11) is 1.68. The summed E-state index contributed by atoms with van der Waals surface area (Å²) < 4.78 is 12.9. The number of hydrogen-bond acceptors (Lipinski definition) is 7. The fraction of sp³-hybridized carbons (Fsp3) is 0.391. The van der Waals surface area contributed by atoms with Crippen molar-refractivity contribution in [1.29, 1.82) is 0 Å². The molecule has 31 heavy (non-hydrogen) atoms. The smallest absolute Gasteiger partial charge is 0.249 e. The van der Waals surface area contributed by atoms with E-state index in [-0.39, 0.29) is 6.04 Å². The lowest BCUT2D eigenvalue weighted by atomic mass is 10.0. The largest absolute Gasteiger partial charge is 0.497 e. The molecule has 5 rings (SSSR count). The minimum Gasteiger partial charge on any atom is -0.497 e. The Morgan fingerprint density at radius 2 is 1.94 bits per heavy atom. The monoisotopic (exact) mass is 418 g/mol. The summed E-state index contributed by atoms with van der Waals surface area (Å²) in [5, 5.41) is 8.90. The molecule has 1 saturated heterocycles. The third-order valence-corrected chi connectivity index (χ3v) is 5.95. The third-order valence-electron chi connectivity index (χ3n) is 5.95. The predicted octanol–water partition coefficient (Wildman–Crippen LogP) is 4.36. The van der Waals surface area contributed by atoms with Gasteiger partial charge < -0.3 is 14.2 Å². The highest BCUT2D eigenvalue weighted by Gasteiger charge is 2.33. The van der Waals surface area contributed by atoms with Crippen LogP contribution in [0.25, 0.3) is 16.8 Å². The van der Waals surface area contributed by atoms with Crippen LogP contribution in [0.4, 0.5) is 5.82 Å². The van der Waals surface area contributed by atoms with Crippen LogP contribution in [-0.2, 0) is 0 Å². The van der Waals surface area contributed by atoms with Gasteiger partial charge in [-0.3, -0.25) is 0 Å². The van der Waals surface area contributed by atoms with E-state index in [1.54, 1.807) is 7.11 Å². The molecular weight excluding hydrogens is 392 g/mol. The van der Waals surface area contributed by atoms with Crippen molar-refractivity contribution >= 4 is 11.5 Å². The van der Waals surface area contributed by atoms with Gasteiger partial charge in [0, 0.05) is 23.9 Å². The molecule has 1 atom stereocenters. The molecule has 1 aliphatic heterocycles. The van der Waals surface area contributed by atoms with E-state index in [1.807, 2.05) is 37.4 Å². The van der Waals surface area contributed by atoms with Crippen LogP contribution in [0.15, 0.2) is 28.8 Å². The number of rotatable bonds is 4. The Labute approximate surface area is 180 Å². The highest BCUT2D eigenvalue weighted by atomic mass is 16.5. The number of benzene rings is 1. The van der Waals surface area contributed by atoms with Crippen molar-refractivity contribution in [3.8, 4) is 16.9 Å². The SMILES string of the molecule is COc1ccc(-c2c(C)nn3c(N4CCC[C@H]4c4nc(C)no4)cc(C)nc23)c(C)c1. The Morgan fingerprint density at radius 3 is 2.65 bits per heavy atom. The molecule has 0 N–H and O–H groups in total. The van der Waals surface area contributed by atoms with Gasteiger partial charge in [-0.15, -0.1) is 0 Å². The van der Waals surface area contributed by atoms with Crippen LogP contribution in [0, 0.1) is 27.7 Å². The molecule has 0 unspecified atom stereocenters. The summed E-state index contributed by atoms with van der Waals surface area (Å²) in [6.07, 6.45) is 2.02. The van der Waals surface area contributed by atoms with Crippen LogP contribution in [0.2, 0.25) is 0 Å². The predicted molar refractivity (Wildman–Crippen MR) is 118 cm³/mol. The molecule has 160 valence electrons. The molecule has 3 aromatic heterocycles. The van der Waals surface area contributed by atoms with Gasteiger partial charge in [-0.05, 0) is 63.8 Å². The Hall–Kier alpha value is -3.42. The van der Waals surface area contributed by atoms with E-state index in [4.69, 9.17) is 19.3 Å². The molecule has 1 aromatic carbocycles. The van der Waals surface area contributed by atoms with Gasteiger partial charge in [-0.25, -0.2) is 4.98 Å². The van der Waals surface area contributed by atoms with E-state index >= 15 is 0 Å². The highest BCUT2D eigenvalue weighted by molar-refractivity contribution is 5.83. The van der Waals surface area contributed by atoms with Gasteiger partial charge in [0.05, 0.1) is 12.8 Å². The lowest BCUT2D eigenvalue weighted by Gasteiger charge is -2.24. The number of aromatic nitrogens is 5. The molecule has 1 aliphatic rings. The molecule has 0 amide bonds. The average molecular weight is 419 g/mol. The first kappa shape index (κ1) is 19.5. The fourth-order valence-corrected chi connectivity index (χ4v) is 4.54. The van der Waals surface area contributed by atoms with Gasteiger partial charge in [0.15, 0.2) is 11.5 Å². The standard InChI is InChI=1S/C23H26N6O2/c1-13-11-17(30-5)8-9-18(13)21-15(3)26-29-20(12-14(2)24-22(21)29)28-10-6-7-19(28)23-25-16(4)27-31-23/h8-9,11-12,19H,6-7,10H2,1-5H3/t19-/m0/s1. The summed E-state index contributed by atoms with van der Waals surface area (Å²) in [4.78, 5) is 11.7. The minimum atomic E-state index is 0.0434. The maximum atomic E-state index is 5.52. The fourth-order valence-electron chi connectivity index (χ4n) is 4.54. The molecular formula is C23H26N6O2. The van der Waals surface area contributed by atoms with Crippen LogP contribution in [0.3, 0.4) is 0 Å². The molecule has 0 saturated carbocycles. The first-order valence-electron chi connectivity index (χ1n) is 10.5. The second kappa shape index (κ2) is 7.37. The van der Waals surface area contributed by atoms with Crippen molar-refractivity contribution in [2.75, 3.05) is 18.6 Å². The summed E-state index contributed by atoms with van der Waals surface area (Å²) in [5.74, 6) is 3.16. The van der Waals surface area contributed by atoms with Gasteiger partial charge in [-0.1, -0.05) is 11.2 Å². The van der Waals surface area contributed by atoms with Gasteiger partial charge >= 0.3 is 0 Å². The van der Waals surface area contributed by atoms with E-state index in [0.717, 1.165) is 64.7 Å². The van der Waals surface area contributed by atoms with Crippen LogP contribution in [0.1, 0.15) is 47.5 Å². The zero-order valence-electron chi connectivity index (χ0n) is 18.5. The number of anilines is 1. The average Bonchev–Trinajstić information content (AvgIpc) is 3.46. The lowest BCUT2D eigenvalue weighted by Crippen LogP contribution is -2.25. The van der Waals surface area contributed by atoms with Gasteiger partial charge in [0.1, 0.15) is 17.6 Å². The number of fused-ring (bicyclic) bond motifs is 1. The first-order valence-corrected chi connectivity index (χ1v) is 10.5. The Balaban J connectivity index is 1.67. The number of aryl methyl sites for hydroxylation is 4. The zero-order chi connectivity index (χ0) is 21.7. The van der Waals surface area contributed by atoms with E-state index in [9.17, 15) is 0 Å². The van der Waals surface area contributed by atoms with Crippen molar-refractivity contribution in [2.45, 2.75) is 46.6 Å². The van der Waals surface area contributed by atoms with Crippen LogP contribution < -0.4 is 9.64 Å². The van der Waals surface area contributed by atoms with Crippen molar-refractivity contribution in [2.24, 2.45) is 0 Å². The van der Waals surface area contributed by atoms with E-state index in [2.05, 4.69) is 34.1 Å². The molecule has 4 aromatic rings. The van der Waals surface area contributed by atoms with E-state index in [1.165, 1.54) is 0 Å². The summed E-state index contributed by atoms with van der Waals surface area (Å²) >= 11 is 0. The highest BCUT2D eigenvalue weighted by Crippen LogP contribution is 2.38. The number of methoxy groups -OCH3 is 1. The van der Waals surface area contributed by atoms with Crippen LogP contribution in [0.5, 0.6) is 5.75 Å². The Kier molecular flexibility index (Phi) is 4.64. The molecule has 0 spiro atoms. The van der Waals surface area contributed by atoms with Gasteiger partial charge in [-0.2, -0.15) is 14.6 Å². The topological polar surface area (TPSA) is 81.6 Å². The molecule has 0 aliphatic carbocycles. The lowest BCUT2D eigenvalue weighted by molar-refractivity contribution is 0.351. The van der Waals surface area contributed by atoms with Crippen LogP contribution >= 0.6 is 0 Å². The number of ether oxygens (including phenoxy) is 1. The quantitative estimate of drug-likeness (QED) is 0.487. The van der Waals surface area contributed by atoms with E-state index in [0.29, 0.717) is 11.7 Å². The summed E-state index contributed by atoms with van der Waals surface area (Å²) in [6.45, 7) is 8.90. The van der Waals surface area contributed by atoms with Gasteiger partial charge in [0.25, 0.3) is 0 Å². The number of hydrogen-bond donors (Lipinski definition) is 0. The van der Waals surface area contributed by atoms with E-state index < -0.39 is 0 Å². The van der Waals surface area contributed by atoms with Crippen molar-refractivity contribution in [1.82, 2.24) is 24.7 Å². The second-order valence-electron chi connectivity index (χ2n) is 8.16. The Bertz CT molecular complexity index is 1270. The van der Waals surface area contributed by atoms with Gasteiger partial charge in [0.2, 0.25) is 5.89 Å². The minimum absolute atomic E-state index is 0.0434. The summed E-state index contributed by atoms with van der Waals surface area (Å²) in [5.41, 5.74) is 6.03. The molecule has 4 heterocycles. The molecule has 8 heteroatoms. The van der Waals surface area contributed by atoms with Crippen LogP contribution in [-0.4, -0.2) is 38.4 Å². The number of nitrogens with zero attached hydrogens (tertiary/aromatic N) is 6. The summed E-state index contributed by atoms with van der Waals surface area (Å²) in [6, 6.07) is 8.24. The Morgan fingerprint density at radius 1 is 1.10 bits per heavy atom. The maximum absolute atomic E-state index is 5.52. The van der Waals surface area contributed by atoms with Crippen molar-refractivity contribution < 1.29 is 9.26 Å². The maximum Gasteiger partial charge on any atom is 0.249 e. The molecule has 8 nitrogen and oxygen atoms in total. The normalized spacial score (nSPS) is 16.4. The van der Waals surface area contributed by atoms with Crippen molar-refractivity contribution in [3.05, 3.63) is 52.9 Å². The van der Waals surface area contributed by atoms with Crippen molar-refractivity contribution in [3.63, 3.8) is 0 Å². The molecule has 0 radical (unpaired) electrons. The zero-order valence-corrected chi connectivity index (χ0v) is 18.5. The first-order chi connectivity index (χ1) is 15.0.